The molecule has 6 rings (SSSR count). The number of anilines is 1. The molecule has 2 bridgehead atoms. The summed E-state index contributed by atoms with van der Waals surface area (Å²) in [6, 6.07) is 2.42. The average Bonchev–Trinajstić information content (AvgIpc) is 3.14. The standard InChI is InChI=1S/C20H24N4O2S2/c1-12-19(13-2-4-23(12)5-3-13)22-20(26)15-8-14-16(10-28-17(14)9-21-15)24-6-7-27-11-18(24)25/h8-10,12-13,19H,2-7,11H2,1H3,(H,22,26). The van der Waals surface area contributed by atoms with E-state index in [-0.39, 0.29) is 17.9 Å². The number of hydrogen-bond acceptors (Lipinski definition) is 6. The van der Waals surface area contributed by atoms with E-state index < -0.39 is 0 Å². The van der Waals surface area contributed by atoms with E-state index >= 15 is 0 Å². The van der Waals surface area contributed by atoms with Gasteiger partial charge in [0.15, 0.2) is 0 Å². The van der Waals surface area contributed by atoms with Crippen molar-refractivity contribution in [3.05, 3.63) is 23.3 Å². The van der Waals surface area contributed by atoms with Crippen LogP contribution in [-0.2, 0) is 4.79 Å². The van der Waals surface area contributed by atoms with E-state index in [0.29, 0.717) is 23.4 Å². The van der Waals surface area contributed by atoms with Crippen molar-refractivity contribution in [3.8, 4) is 0 Å². The van der Waals surface area contributed by atoms with Crippen molar-refractivity contribution >= 4 is 50.7 Å². The molecule has 6 nitrogen and oxygen atoms in total. The molecule has 2 atom stereocenters. The van der Waals surface area contributed by atoms with Crippen LogP contribution in [0.3, 0.4) is 0 Å². The number of thioether (sulfide) groups is 1. The molecule has 2 amide bonds. The Labute approximate surface area is 172 Å². The molecule has 4 aliphatic heterocycles. The topological polar surface area (TPSA) is 65.5 Å². The number of nitrogens with zero attached hydrogens (tertiary/aromatic N) is 3. The molecule has 2 aromatic rings. The number of aromatic nitrogens is 1. The van der Waals surface area contributed by atoms with E-state index in [2.05, 4.69) is 22.1 Å². The first-order chi connectivity index (χ1) is 13.6. The molecule has 0 saturated carbocycles. The minimum atomic E-state index is -0.106. The highest BCUT2D eigenvalue weighted by molar-refractivity contribution is 8.00. The molecule has 4 fully saturated rings. The van der Waals surface area contributed by atoms with Gasteiger partial charge in [-0.2, -0.15) is 11.8 Å². The minimum Gasteiger partial charge on any atom is -0.346 e. The number of hydrogen-bond donors (Lipinski definition) is 1. The first kappa shape index (κ1) is 18.4. The van der Waals surface area contributed by atoms with E-state index in [1.54, 1.807) is 29.3 Å². The Hall–Kier alpha value is -1.64. The van der Waals surface area contributed by atoms with Crippen LogP contribution < -0.4 is 10.2 Å². The van der Waals surface area contributed by atoms with Gasteiger partial charge in [0.2, 0.25) is 5.91 Å². The number of amides is 2. The van der Waals surface area contributed by atoms with Crippen LogP contribution in [0.15, 0.2) is 17.6 Å². The summed E-state index contributed by atoms with van der Waals surface area (Å²) in [7, 11) is 0. The summed E-state index contributed by atoms with van der Waals surface area (Å²) in [5.41, 5.74) is 1.35. The van der Waals surface area contributed by atoms with Gasteiger partial charge in [0.05, 0.1) is 16.1 Å². The van der Waals surface area contributed by atoms with Crippen molar-refractivity contribution in [2.75, 3.05) is 36.0 Å². The molecule has 0 aliphatic carbocycles. The summed E-state index contributed by atoms with van der Waals surface area (Å²) in [4.78, 5) is 34.1. The molecule has 1 N–H and O–H groups in total. The maximum Gasteiger partial charge on any atom is 0.270 e. The van der Waals surface area contributed by atoms with Crippen LogP contribution in [0.25, 0.3) is 10.1 Å². The Balaban J connectivity index is 1.40. The van der Waals surface area contributed by atoms with E-state index in [4.69, 9.17) is 0 Å². The van der Waals surface area contributed by atoms with Crippen molar-refractivity contribution in [1.29, 1.82) is 0 Å². The molecular formula is C20H24N4O2S2. The van der Waals surface area contributed by atoms with Crippen molar-refractivity contribution < 1.29 is 9.59 Å². The Morgan fingerprint density at radius 2 is 2.11 bits per heavy atom. The first-order valence-corrected chi connectivity index (χ1v) is 12.0. The van der Waals surface area contributed by atoms with Crippen molar-refractivity contribution in [3.63, 3.8) is 0 Å². The number of pyridine rings is 1. The van der Waals surface area contributed by atoms with E-state index in [9.17, 15) is 9.59 Å². The monoisotopic (exact) mass is 416 g/mol. The second kappa shape index (κ2) is 7.31. The zero-order valence-electron chi connectivity index (χ0n) is 15.9. The molecule has 2 unspecified atom stereocenters. The molecule has 8 heteroatoms. The smallest absolute Gasteiger partial charge is 0.270 e. The molecule has 148 valence electrons. The molecule has 28 heavy (non-hydrogen) atoms. The van der Waals surface area contributed by atoms with Gasteiger partial charge in [-0.05, 0) is 44.8 Å². The molecule has 0 spiro atoms. The summed E-state index contributed by atoms with van der Waals surface area (Å²) in [6.45, 7) is 5.21. The number of thiophene rings is 1. The average molecular weight is 417 g/mol. The maximum atomic E-state index is 13.0. The Kier molecular flexibility index (Phi) is 4.80. The van der Waals surface area contributed by atoms with E-state index in [0.717, 1.165) is 54.0 Å². The molecular weight excluding hydrogens is 392 g/mol. The van der Waals surface area contributed by atoms with Gasteiger partial charge in [-0.3, -0.25) is 14.5 Å². The zero-order valence-corrected chi connectivity index (χ0v) is 17.5. The lowest BCUT2D eigenvalue weighted by atomic mass is 9.79. The second-order valence-corrected chi connectivity index (χ2v) is 9.91. The van der Waals surface area contributed by atoms with E-state index in [1.165, 1.54) is 0 Å². The lowest BCUT2D eigenvalue weighted by Gasteiger charge is -2.49. The predicted molar refractivity (Wildman–Crippen MR) is 114 cm³/mol. The maximum absolute atomic E-state index is 13.0. The number of carbonyl (C=O) groups is 2. The Morgan fingerprint density at radius 3 is 2.86 bits per heavy atom. The number of piperidine rings is 3. The molecule has 6 heterocycles. The van der Waals surface area contributed by atoms with Gasteiger partial charge in [-0.15, -0.1) is 11.3 Å². The third kappa shape index (κ3) is 3.11. The van der Waals surface area contributed by atoms with Crippen molar-refractivity contribution in [2.45, 2.75) is 31.8 Å². The highest BCUT2D eigenvalue weighted by Gasteiger charge is 2.40. The fourth-order valence-electron chi connectivity index (χ4n) is 4.80. The summed E-state index contributed by atoms with van der Waals surface area (Å²) < 4.78 is 1.01. The first-order valence-electron chi connectivity index (χ1n) is 9.92. The van der Waals surface area contributed by atoms with Crippen molar-refractivity contribution in [1.82, 2.24) is 15.2 Å². The third-order valence-electron chi connectivity index (χ3n) is 6.43. The SMILES string of the molecule is CC1C(NC(=O)c2cc3c(N4CCSCC4=O)csc3cn2)C2CCN1CC2. The fourth-order valence-corrected chi connectivity index (χ4v) is 6.48. The highest BCUT2D eigenvalue weighted by atomic mass is 32.2. The van der Waals surface area contributed by atoms with Crippen LogP contribution in [0.2, 0.25) is 0 Å². The van der Waals surface area contributed by atoms with Gasteiger partial charge in [-0.25, -0.2) is 4.98 Å². The molecule has 4 aliphatic rings. The third-order valence-corrected chi connectivity index (χ3v) is 8.27. The van der Waals surface area contributed by atoms with Crippen LogP contribution in [0.4, 0.5) is 5.69 Å². The minimum absolute atomic E-state index is 0.106. The van der Waals surface area contributed by atoms with E-state index in [1.807, 2.05) is 16.3 Å². The highest BCUT2D eigenvalue weighted by Crippen LogP contribution is 2.35. The molecule has 0 aromatic carbocycles. The summed E-state index contributed by atoms with van der Waals surface area (Å²) in [6.07, 6.45) is 4.08. The summed E-state index contributed by atoms with van der Waals surface area (Å²) >= 11 is 3.25. The predicted octanol–water partition coefficient (Wildman–Crippen LogP) is 2.59. The van der Waals surface area contributed by atoms with Crippen molar-refractivity contribution in [2.24, 2.45) is 5.92 Å². The lowest BCUT2D eigenvalue weighted by Crippen LogP contribution is -2.62. The van der Waals surface area contributed by atoms with Crippen LogP contribution >= 0.6 is 23.1 Å². The van der Waals surface area contributed by atoms with Gasteiger partial charge < -0.3 is 10.2 Å². The fraction of sp³-hybridized carbons (Fsp3) is 0.550. The number of fused-ring (bicyclic) bond motifs is 4. The van der Waals surface area contributed by atoms with Gasteiger partial charge in [0, 0.05) is 41.3 Å². The molecule has 0 radical (unpaired) electrons. The van der Waals surface area contributed by atoms with Crippen LogP contribution in [0.1, 0.15) is 30.3 Å². The summed E-state index contributed by atoms with van der Waals surface area (Å²) in [5.74, 6) is 2.06. The second-order valence-electron chi connectivity index (χ2n) is 7.90. The number of carbonyl (C=O) groups excluding carboxylic acids is 2. The zero-order chi connectivity index (χ0) is 19.3. The Morgan fingerprint density at radius 1 is 1.29 bits per heavy atom. The van der Waals surface area contributed by atoms with Crippen LogP contribution in [0, 0.1) is 5.92 Å². The lowest BCUT2D eigenvalue weighted by molar-refractivity contribution is -0.116. The summed E-state index contributed by atoms with van der Waals surface area (Å²) in [5, 5.41) is 6.22. The van der Waals surface area contributed by atoms with Gasteiger partial charge >= 0.3 is 0 Å². The van der Waals surface area contributed by atoms with Gasteiger partial charge in [0.25, 0.3) is 5.91 Å². The number of rotatable bonds is 3. The Bertz CT molecular complexity index is 920. The molecule has 4 saturated heterocycles. The quantitative estimate of drug-likeness (QED) is 0.833. The van der Waals surface area contributed by atoms with Crippen LogP contribution in [-0.4, -0.2) is 64.9 Å². The van der Waals surface area contributed by atoms with Gasteiger partial charge in [-0.1, -0.05) is 0 Å². The van der Waals surface area contributed by atoms with Crippen LogP contribution in [0.5, 0.6) is 0 Å². The van der Waals surface area contributed by atoms with Gasteiger partial charge in [0.1, 0.15) is 5.69 Å². The largest absolute Gasteiger partial charge is 0.346 e. The number of nitrogens with one attached hydrogen (secondary N) is 1. The normalized spacial score (nSPS) is 30.0. The molecule has 2 aromatic heterocycles.